The molecule has 0 atom stereocenters. The Morgan fingerprint density at radius 3 is 1.00 bits per heavy atom. The Labute approximate surface area is 351 Å². The van der Waals surface area contributed by atoms with Crippen LogP contribution in [-0.2, 0) is 9.47 Å². The van der Waals surface area contributed by atoms with Crippen molar-refractivity contribution in [2.45, 2.75) is 19.6 Å². The number of ether oxygens (including phenoxy) is 2. The Kier molecular flexibility index (Phi) is 7.53. The second-order valence-electron chi connectivity index (χ2n) is 14.6. The minimum absolute atomic E-state index is 0.0830. The predicted octanol–water partition coefficient (Wildman–Crippen LogP) is 12.7. The van der Waals surface area contributed by atoms with Crippen molar-refractivity contribution in [2.75, 3.05) is 9.80 Å². The van der Waals surface area contributed by atoms with Crippen LogP contribution in [0.25, 0.3) is 33.0 Å². The minimum Gasteiger partial charge on any atom is -0.386 e. The van der Waals surface area contributed by atoms with E-state index in [2.05, 4.69) is 58.3 Å². The van der Waals surface area contributed by atoms with E-state index in [0.29, 0.717) is 22.3 Å². The van der Waals surface area contributed by atoms with Gasteiger partial charge in [-0.05, 0) is 107 Å². The highest BCUT2D eigenvalue weighted by molar-refractivity contribution is 8.00. The van der Waals surface area contributed by atoms with Crippen LogP contribution >= 0.6 is 23.5 Å². The lowest BCUT2D eigenvalue weighted by atomic mass is 9.81. The molecule has 10 heteroatoms. The third-order valence-electron chi connectivity index (χ3n) is 11.4. The zero-order valence-electron chi connectivity index (χ0n) is 31.2. The summed E-state index contributed by atoms with van der Waals surface area (Å²) in [5.74, 6) is -3.44. The summed E-state index contributed by atoms with van der Waals surface area (Å²) < 4.78 is 10.8. The fourth-order valence-electron chi connectivity index (χ4n) is 8.76. The number of anilines is 6. The van der Waals surface area contributed by atoms with E-state index >= 15 is 0 Å². The summed E-state index contributed by atoms with van der Waals surface area (Å²) in [6, 6.07) is 51.3. The maximum atomic E-state index is 13.8. The van der Waals surface area contributed by atoms with E-state index in [1.165, 1.54) is 0 Å². The summed E-state index contributed by atoms with van der Waals surface area (Å²) in [6.45, 7) is 0. The second-order valence-corrected chi connectivity index (χ2v) is 16.8. The van der Waals surface area contributed by atoms with Crippen molar-refractivity contribution < 1.29 is 28.7 Å². The van der Waals surface area contributed by atoms with Crippen molar-refractivity contribution in [3.05, 3.63) is 180 Å². The fourth-order valence-corrected chi connectivity index (χ4v) is 10.9. The van der Waals surface area contributed by atoms with E-state index in [1.54, 1.807) is 35.7 Å². The van der Waals surface area contributed by atoms with Gasteiger partial charge in [0.2, 0.25) is 0 Å². The number of carbonyl (C=O) groups excluding carboxylic acids is 4. The van der Waals surface area contributed by atoms with Crippen molar-refractivity contribution in [1.82, 2.24) is 0 Å². The second kappa shape index (κ2) is 13.1. The first-order chi connectivity index (χ1) is 29.4. The van der Waals surface area contributed by atoms with E-state index in [1.807, 2.05) is 97.1 Å². The number of esters is 4. The standard InChI is InChI=1S/C50H26N2O6S2/c53-47-33-25-31(27-17-21-29(22-18-27)51-35-9-1-5-13-39(35)59-40-14-6-2-10-36(40)51)45-43-34(48(54)57-49(45)55)26-32(46(44(33)43)50(56)58-47)28-19-23-30(24-20-28)52-37-11-3-7-15-41(37)60-42-16-8-4-12-38(42)52/h1-26H. The Morgan fingerprint density at radius 1 is 0.350 bits per heavy atom. The molecule has 0 radical (unpaired) electrons. The molecule has 8 aromatic carbocycles. The molecule has 0 saturated carbocycles. The molecule has 4 aliphatic rings. The lowest BCUT2D eigenvalue weighted by Crippen LogP contribution is -2.26. The normalized spacial score (nSPS) is 14.5. The van der Waals surface area contributed by atoms with E-state index in [-0.39, 0.29) is 33.0 Å². The van der Waals surface area contributed by atoms with Gasteiger partial charge in [0.15, 0.2) is 0 Å². The summed E-state index contributed by atoms with van der Waals surface area (Å²) in [6.07, 6.45) is 0. The maximum Gasteiger partial charge on any atom is 0.347 e. The number of para-hydroxylation sites is 4. The summed E-state index contributed by atoms with van der Waals surface area (Å²) in [5.41, 5.74) is 8.31. The highest BCUT2D eigenvalue weighted by Gasteiger charge is 2.40. The molecule has 0 bridgehead atoms. The molecule has 0 spiro atoms. The van der Waals surface area contributed by atoms with Gasteiger partial charge in [-0.15, -0.1) is 0 Å². The van der Waals surface area contributed by atoms with Crippen LogP contribution in [-0.4, -0.2) is 23.9 Å². The quantitative estimate of drug-likeness (QED) is 0.126. The van der Waals surface area contributed by atoms with Crippen LogP contribution in [0.3, 0.4) is 0 Å². The van der Waals surface area contributed by atoms with Crippen molar-refractivity contribution in [1.29, 1.82) is 0 Å². The monoisotopic (exact) mass is 814 g/mol. The number of carbonyl (C=O) groups is 4. The number of benzene rings is 8. The van der Waals surface area contributed by atoms with Gasteiger partial charge in [-0.3, -0.25) is 0 Å². The van der Waals surface area contributed by atoms with Gasteiger partial charge in [-0.25, -0.2) is 19.2 Å². The molecule has 284 valence electrons. The lowest BCUT2D eigenvalue weighted by Gasteiger charge is -2.33. The fraction of sp³-hybridized carbons (Fsp3) is 0. The van der Waals surface area contributed by atoms with Crippen molar-refractivity contribution >= 4 is 92.3 Å². The topological polar surface area (TPSA) is 93.2 Å². The van der Waals surface area contributed by atoms with E-state index in [4.69, 9.17) is 9.47 Å². The van der Waals surface area contributed by atoms with Gasteiger partial charge in [0.25, 0.3) is 0 Å². The Hall–Kier alpha value is -7.40. The number of rotatable bonds is 4. The molecule has 0 unspecified atom stereocenters. The maximum absolute atomic E-state index is 13.8. The minimum atomic E-state index is -0.860. The highest BCUT2D eigenvalue weighted by atomic mass is 32.2. The van der Waals surface area contributed by atoms with Crippen LogP contribution in [0.5, 0.6) is 0 Å². The van der Waals surface area contributed by atoms with Gasteiger partial charge in [-0.2, -0.15) is 0 Å². The third-order valence-corrected chi connectivity index (χ3v) is 13.6. The summed E-state index contributed by atoms with van der Waals surface area (Å²) >= 11 is 3.43. The molecule has 0 aliphatic carbocycles. The van der Waals surface area contributed by atoms with Crippen LogP contribution in [0, 0.1) is 0 Å². The Bertz CT molecular complexity index is 2940. The SMILES string of the molecule is O=C1OC(=O)c2c(-c3ccc(N4c5ccccc5Sc5ccccc54)cc3)cc3c4c(c(-c5ccc(N6c7ccccc7Sc7ccccc76)cc5)cc1c24)C(=O)OC3=O. The number of nitrogens with zero attached hydrogens (tertiary/aromatic N) is 2. The molecule has 8 nitrogen and oxygen atoms in total. The van der Waals surface area contributed by atoms with Crippen LogP contribution < -0.4 is 9.80 Å². The average Bonchev–Trinajstić information content (AvgIpc) is 3.28. The number of hydrogen-bond acceptors (Lipinski definition) is 10. The van der Waals surface area contributed by atoms with Gasteiger partial charge in [0.05, 0.1) is 45.0 Å². The van der Waals surface area contributed by atoms with Gasteiger partial charge >= 0.3 is 23.9 Å². The molecule has 4 heterocycles. The number of fused-ring (bicyclic) bond motifs is 4. The number of hydrogen-bond donors (Lipinski definition) is 0. The van der Waals surface area contributed by atoms with Crippen LogP contribution in [0.4, 0.5) is 34.1 Å². The Balaban J connectivity index is 0.999. The van der Waals surface area contributed by atoms with Gasteiger partial charge < -0.3 is 19.3 Å². The summed E-state index contributed by atoms with van der Waals surface area (Å²) in [7, 11) is 0. The molecule has 60 heavy (non-hydrogen) atoms. The zero-order valence-corrected chi connectivity index (χ0v) is 32.8. The summed E-state index contributed by atoms with van der Waals surface area (Å²) in [4.78, 5) is 63.8. The first kappa shape index (κ1) is 34.6. The van der Waals surface area contributed by atoms with Crippen molar-refractivity contribution in [2.24, 2.45) is 0 Å². The molecule has 0 aromatic heterocycles. The molecule has 0 saturated heterocycles. The first-order valence-electron chi connectivity index (χ1n) is 19.1. The molecule has 0 N–H and O–H groups in total. The molecule has 0 amide bonds. The predicted molar refractivity (Wildman–Crippen MR) is 232 cm³/mol. The zero-order chi connectivity index (χ0) is 40.2. The first-order valence-corrected chi connectivity index (χ1v) is 20.8. The molecule has 8 aromatic rings. The molecular formula is C50H26N2O6S2. The largest absolute Gasteiger partial charge is 0.386 e. The average molecular weight is 815 g/mol. The molecule has 0 fully saturated rings. The highest BCUT2D eigenvalue weighted by Crippen LogP contribution is 2.53. The third kappa shape index (κ3) is 5.08. The molecular weight excluding hydrogens is 789 g/mol. The van der Waals surface area contributed by atoms with Crippen LogP contribution in [0.2, 0.25) is 0 Å². The smallest absolute Gasteiger partial charge is 0.347 e. The van der Waals surface area contributed by atoms with Crippen molar-refractivity contribution in [3.63, 3.8) is 0 Å². The summed E-state index contributed by atoms with van der Waals surface area (Å²) in [5, 5.41) is 0.395. The lowest BCUT2D eigenvalue weighted by molar-refractivity contribution is 0.0366. The Morgan fingerprint density at radius 2 is 0.667 bits per heavy atom. The van der Waals surface area contributed by atoms with Gasteiger partial charge in [-0.1, -0.05) is 96.3 Å². The van der Waals surface area contributed by atoms with Gasteiger partial charge in [0.1, 0.15) is 0 Å². The molecule has 4 aliphatic heterocycles. The van der Waals surface area contributed by atoms with E-state index < -0.39 is 23.9 Å². The number of cyclic esters (lactones) is 4. The van der Waals surface area contributed by atoms with E-state index in [9.17, 15) is 19.2 Å². The van der Waals surface area contributed by atoms with Crippen LogP contribution in [0.1, 0.15) is 41.4 Å². The molecule has 12 rings (SSSR count). The van der Waals surface area contributed by atoms with Gasteiger partial charge in [0, 0.05) is 41.7 Å². The van der Waals surface area contributed by atoms with E-state index in [0.717, 1.165) is 53.7 Å². The van der Waals surface area contributed by atoms with Crippen molar-refractivity contribution in [3.8, 4) is 22.3 Å². The van der Waals surface area contributed by atoms with Crippen LogP contribution in [0.15, 0.2) is 177 Å².